The van der Waals surface area contributed by atoms with Gasteiger partial charge in [-0.3, -0.25) is 4.79 Å². The van der Waals surface area contributed by atoms with Gasteiger partial charge in [0.15, 0.2) is 0 Å². The molecule has 2 unspecified atom stereocenters. The molecule has 4 heteroatoms. The predicted molar refractivity (Wildman–Crippen MR) is 67.1 cm³/mol. The minimum Gasteiger partial charge on any atom is -0.480 e. The molecule has 2 aliphatic heterocycles. The molecule has 0 aromatic rings. The highest BCUT2D eigenvalue weighted by Gasteiger charge is 2.47. The van der Waals surface area contributed by atoms with Crippen LogP contribution in [0.25, 0.3) is 0 Å². The summed E-state index contributed by atoms with van der Waals surface area (Å²) in [6, 6.07) is 0. The van der Waals surface area contributed by atoms with Gasteiger partial charge in [-0.2, -0.15) is 0 Å². The quantitative estimate of drug-likeness (QED) is 0.781. The zero-order chi connectivity index (χ0) is 12.3. The van der Waals surface area contributed by atoms with E-state index in [0.29, 0.717) is 0 Å². The van der Waals surface area contributed by atoms with Crippen molar-refractivity contribution >= 4 is 5.97 Å². The van der Waals surface area contributed by atoms with Crippen molar-refractivity contribution in [3.63, 3.8) is 0 Å². The molecule has 0 spiro atoms. The Balaban J connectivity index is 2.12. The summed E-state index contributed by atoms with van der Waals surface area (Å²) in [4.78, 5) is 14.1. The maximum Gasteiger partial charge on any atom is 0.324 e. The van der Waals surface area contributed by atoms with Gasteiger partial charge < -0.3 is 15.3 Å². The first kappa shape index (κ1) is 12.8. The van der Waals surface area contributed by atoms with Gasteiger partial charge in [-0.15, -0.1) is 0 Å². The Kier molecular flexibility index (Phi) is 4.05. The van der Waals surface area contributed by atoms with Crippen molar-refractivity contribution < 1.29 is 9.90 Å². The molecular weight excluding hydrogens is 216 g/mol. The van der Waals surface area contributed by atoms with Crippen LogP contribution < -0.4 is 5.32 Å². The van der Waals surface area contributed by atoms with E-state index in [1.807, 2.05) is 0 Å². The van der Waals surface area contributed by atoms with Gasteiger partial charge in [0.25, 0.3) is 0 Å². The number of hydrogen-bond acceptors (Lipinski definition) is 3. The largest absolute Gasteiger partial charge is 0.480 e. The second-order valence-corrected chi connectivity index (χ2v) is 5.39. The maximum atomic E-state index is 11.7. The van der Waals surface area contributed by atoms with Crippen LogP contribution in [0, 0.1) is 5.92 Å². The number of carbonyl (C=O) groups is 1. The zero-order valence-electron chi connectivity index (χ0n) is 10.7. The minimum atomic E-state index is -0.647. The lowest BCUT2D eigenvalue weighted by Crippen LogP contribution is -2.62. The fraction of sp³-hybridized carbons (Fsp3) is 0.923. The molecule has 0 aromatic carbocycles. The van der Waals surface area contributed by atoms with E-state index in [0.717, 1.165) is 58.3 Å². The Bertz CT molecular complexity index is 275. The highest BCUT2D eigenvalue weighted by atomic mass is 16.4. The van der Waals surface area contributed by atoms with Crippen molar-refractivity contribution in [3.05, 3.63) is 0 Å². The van der Waals surface area contributed by atoms with Gasteiger partial charge in [-0.1, -0.05) is 6.92 Å². The smallest absolute Gasteiger partial charge is 0.324 e. The van der Waals surface area contributed by atoms with Crippen molar-refractivity contribution in [1.82, 2.24) is 10.2 Å². The van der Waals surface area contributed by atoms with Crippen molar-refractivity contribution in [2.45, 2.75) is 44.6 Å². The molecule has 98 valence electrons. The Morgan fingerprint density at radius 1 is 1.47 bits per heavy atom. The lowest BCUT2D eigenvalue weighted by atomic mass is 9.74. The SMILES string of the molecule is CCN1CCCC(C2(C(=O)O)CCCCN2)C1. The van der Waals surface area contributed by atoms with Crippen LogP contribution in [0.2, 0.25) is 0 Å². The molecule has 0 bridgehead atoms. The van der Waals surface area contributed by atoms with Crippen LogP contribution in [-0.4, -0.2) is 47.7 Å². The molecule has 0 aliphatic carbocycles. The number of hydrogen-bond donors (Lipinski definition) is 2. The summed E-state index contributed by atoms with van der Waals surface area (Å²) in [7, 11) is 0. The Morgan fingerprint density at radius 3 is 2.88 bits per heavy atom. The fourth-order valence-corrected chi connectivity index (χ4v) is 3.38. The van der Waals surface area contributed by atoms with Gasteiger partial charge in [-0.25, -0.2) is 0 Å². The number of likely N-dealkylation sites (tertiary alicyclic amines) is 1. The molecular formula is C13H24N2O2. The summed E-state index contributed by atoms with van der Waals surface area (Å²) in [6.07, 6.45) is 5.14. The summed E-state index contributed by atoms with van der Waals surface area (Å²) >= 11 is 0. The first-order chi connectivity index (χ1) is 8.19. The van der Waals surface area contributed by atoms with Crippen LogP contribution in [0.1, 0.15) is 39.0 Å². The Labute approximate surface area is 103 Å². The lowest BCUT2D eigenvalue weighted by molar-refractivity contribution is -0.150. The van der Waals surface area contributed by atoms with E-state index in [1.165, 1.54) is 0 Å². The van der Waals surface area contributed by atoms with Crippen molar-refractivity contribution in [2.75, 3.05) is 26.2 Å². The van der Waals surface area contributed by atoms with E-state index >= 15 is 0 Å². The molecule has 0 saturated carbocycles. The van der Waals surface area contributed by atoms with E-state index in [-0.39, 0.29) is 5.92 Å². The molecule has 0 amide bonds. The first-order valence-corrected chi connectivity index (χ1v) is 6.90. The minimum absolute atomic E-state index is 0.272. The monoisotopic (exact) mass is 240 g/mol. The third-order valence-electron chi connectivity index (χ3n) is 4.47. The third kappa shape index (κ3) is 2.47. The van der Waals surface area contributed by atoms with Crippen molar-refractivity contribution in [1.29, 1.82) is 0 Å². The third-order valence-corrected chi connectivity index (χ3v) is 4.47. The molecule has 2 fully saturated rings. The molecule has 2 saturated heterocycles. The summed E-state index contributed by atoms with van der Waals surface area (Å²) in [5.74, 6) is -0.367. The summed E-state index contributed by atoms with van der Waals surface area (Å²) in [6.45, 7) is 6.11. The highest BCUT2D eigenvalue weighted by Crippen LogP contribution is 2.33. The van der Waals surface area contributed by atoms with E-state index in [1.54, 1.807) is 0 Å². The fourth-order valence-electron chi connectivity index (χ4n) is 3.38. The maximum absolute atomic E-state index is 11.7. The lowest BCUT2D eigenvalue weighted by Gasteiger charge is -2.45. The van der Waals surface area contributed by atoms with E-state index < -0.39 is 11.5 Å². The topological polar surface area (TPSA) is 52.6 Å². The molecule has 17 heavy (non-hydrogen) atoms. The number of nitrogens with zero attached hydrogens (tertiary/aromatic N) is 1. The molecule has 4 nitrogen and oxygen atoms in total. The zero-order valence-corrected chi connectivity index (χ0v) is 10.7. The molecule has 2 rings (SSSR count). The average Bonchev–Trinajstić information content (AvgIpc) is 2.39. The number of piperidine rings is 2. The van der Waals surface area contributed by atoms with E-state index in [2.05, 4.69) is 17.1 Å². The van der Waals surface area contributed by atoms with E-state index in [9.17, 15) is 9.90 Å². The average molecular weight is 240 g/mol. The van der Waals surface area contributed by atoms with Crippen LogP contribution in [0.5, 0.6) is 0 Å². The summed E-state index contributed by atoms with van der Waals surface area (Å²) < 4.78 is 0. The van der Waals surface area contributed by atoms with Crippen LogP contribution >= 0.6 is 0 Å². The second kappa shape index (κ2) is 5.36. The predicted octanol–water partition coefficient (Wildman–Crippen LogP) is 1.32. The van der Waals surface area contributed by atoms with Crippen LogP contribution in [0.15, 0.2) is 0 Å². The van der Waals surface area contributed by atoms with Crippen molar-refractivity contribution in [2.24, 2.45) is 5.92 Å². The van der Waals surface area contributed by atoms with Crippen LogP contribution in [0.4, 0.5) is 0 Å². The number of carboxylic acid groups (broad SMARTS) is 1. The highest BCUT2D eigenvalue weighted by molar-refractivity contribution is 5.79. The number of carboxylic acids is 1. The van der Waals surface area contributed by atoms with Crippen LogP contribution in [-0.2, 0) is 4.79 Å². The molecule has 0 radical (unpaired) electrons. The summed E-state index contributed by atoms with van der Waals surface area (Å²) in [5.41, 5.74) is -0.647. The Morgan fingerprint density at radius 2 is 2.29 bits per heavy atom. The molecule has 0 aromatic heterocycles. The van der Waals surface area contributed by atoms with Gasteiger partial charge in [0.2, 0.25) is 0 Å². The summed E-state index contributed by atoms with van der Waals surface area (Å²) in [5, 5.41) is 12.9. The van der Waals surface area contributed by atoms with Crippen LogP contribution in [0.3, 0.4) is 0 Å². The van der Waals surface area contributed by atoms with E-state index in [4.69, 9.17) is 0 Å². The van der Waals surface area contributed by atoms with Gasteiger partial charge in [0.1, 0.15) is 5.54 Å². The molecule has 2 N–H and O–H groups in total. The van der Waals surface area contributed by atoms with Gasteiger partial charge in [0, 0.05) is 12.5 Å². The standard InChI is InChI=1S/C13H24N2O2/c1-2-15-9-5-6-11(10-15)13(12(16)17)7-3-4-8-14-13/h11,14H,2-10H2,1H3,(H,16,17). The molecule has 2 aliphatic rings. The number of nitrogens with one attached hydrogen (secondary N) is 1. The number of rotatable bonds is 3. The molecule has 2 heterocycles. The van der Waals surface area contributed by atoms with Crippen molar-refractivity contribution in [3.8, 4) is 0 Å². The normalized spacial score (nSPS) is 35.7. The number of aliphatic carboxylic acids is 1. The first-order valence-electron chi connectivity index (χ1n) is 6.90. The molecule has 2 atom stereocenters. The van der Waals surface area contributed by atoms with Gasteiger partial charge >= 0.3 is 5.97 Å². The van der Waals surface area contributed by atoms with Gasteiger partial charge in [-0.05, 0) is 51.7 Å². The second-order valence-electron chi connectivity index (χ2n) is 5.39. The van der Waals surface area contributed by atoms with Gasteiger partial charge in [0.05, 0.1) is 0 Å². The Hall–Kier alpha value is -0.610.